The first-order valence-corrected chi connectivity index (χ1v) is 12.1. The Kier molecular flexibility index (Phi) is 5.05. The van der Waals surface area contributed by atoms with E-state index < -0.39 is 16.2 Å². The molecule has 0 nitrogen and oxygen atoms in total. The van der Waals surface area contributed by atoms with E-state index in [1.54, 1.807) is 23.4 Å². The van der Waals surface area contributed by atoms with Gasteiger partial charge in [0.1, 0.15) is 8.11 Å². The second kappa shape index (κ2) is 5.57. The third-order valence-corrected chi connectivity index (χ3v) is 19.5. The number of hydrogen-bond donors (Lipinski definition) is 0. The molecular formula is C10H23ClSi2. The topological polar surface area (TPSA) is 0 Å². The van der Waals surface area contributed by atoms with Gasteiger partial charge in [-0.2, -0.15) is 11.1 Å². The molecule has 1 heterocycles. The molecule has 1 fully saturated rings. The number of halogens is 1. The van der Waals surface area contributed by atoms with E-state index in [1.165, 1.54) is 25.7 Å². The average molecular weight is 235 g/mol. The molecule has 0 aliphatic carbocycles. The molecule has 0 saturated carbocycles. The van der Waals surface area contributed by atoms with Crippen molar-refractivity contribution in [3.8, 4) is 0 Å². The maximum absolute atomic E-state index is 6.26. The van der Waals surface area contributed by atoms with Crippen molar-refractivity contribution in [3.63, 3.8) is 0 Å². The van der Waals surface area contributed by atoms with E-state index in [-0.39, 0.29) is 0 Å². The molecule has 0 radical (unpaired) electrons. The van der Waals surface area contributed by atoms with Crippen molar-refractivity contribution in [3.05, 3.63) is 0 Å². The quantitative estimate of drug-likeness (QED) is 0.480. The standard InChI is InChI=1S/C10H23ClSi2/c1-3-5-7-13(8-6-4-2)9-12(11)10-13/h12H,3-10H2,1-2H3. The van der Waals surface area contributed by atoms with Crippen LogP contribution in [0.2, 0.25) is 23.4 Å². The van der Waals surface area contributed by atoms with Crippen LogP contribution in [0.25, 0.3) is 0 Å². The first kappa shape index (κ1) is 11.8. The van der Waals surface area contributed by atoms with Gasteiger partial charge >= 0.3 is 0 Å². The Morgan fingerprint density at radius 1 is 1.08 bits per heavy atom. The van der Waals surface area contributed by atoms with Crippen LogP contribution in [-0.2, 0) is 0 Å². The van der Waals surface area contributed by atoms with Gasteiger partial charge in [-0.1, -0.05) is 63.0 Å². The van der Waals surface area contributed by atoms with Gasteiger partial charge in [-0.3, -0.25) is 0 Å². The summed E-state index contributed by atoms with van der Waals surface area (Å²) in [5.41, 5.74) is 3.13. The van der Waals surface area contributed by atoms with Crippen molar-refractivity contribution in [2.45, 2.75) is 63.0 Å². The summed E-state index contributed by atoms with van der Waals surface area (Å²) in [6.45, 7) is 4.63. The first-order valence-electron chi connectivity index (χ1n) is 5.86. The van der Waals surface area contributed by atoms with E-state index >= 15 is 0 Å². The molecule has 0 amide bonds. The SMILES string of the molecule is CCCC[Si]1(CCCC)C[SiH](Cl)C1. The molecule has 0 bridgehead atoms. The Labute approximate surface area is 90.4 Å². The molecule has 0 aromatic heterocycles. The minimum Gasteiger partial charge on any atom is -0.172 e. The van der Waals surface area contributed by atoms with Crippen molar-refractivity contribution < 1.29 is 0 Å². The van der Waals surface area contributed by atoms with Crippen LogP contribution in [0.4, 0.5) is 0 Å². The van der Waals surface area contributed by atoms with Crippen LogP contribution in [0.1, 0.15) is 39.5 Å². The third-order valence-electron chi connectivity index (χ3n) is 3.43. The second-order valence-electron chi connectivity index (χ2n) is 4.71. The average Bonchev–Trinajstić information content (AvgIpc) is 2.08. The van der Waals surface area contributed by atoms with Gasteiger partial charge in [0.2, 0.25) is 0 Å². The van der Waals surface area contributed by atoms with Crippen LogP contribution in [0.5, 0.6) is 0 Å². The van der Waals surface area contributed by atoms with Crippen molar-refractivity contribution in [2.75, 3.05) is 0 Å². The van der Waals surface area contributed by atoms with Crippen LogP contribution in [0, 0.1) is 0 Å². The lowest BCUT2D eigenvalue weighted by atomic mass is 10.4. The van der Waals surface area contributed by atoms with E-state index in [0.29, 0.717) is 0 Å². The van der Waals surface area contributed by atoms with Gasteiger partial charge in [-0.25, -0.2) is 0 Å². The second-order valence-corrected chi connectivity index (χ2v) is 15.0. The van der Waals surface area contributed by atoms with E-state index in [9.17, 15) is 0 Å². The summed E-state index contributed by atoms with van der Waals surface area (Å²) in [5.74, 6) is 0. The highest BCUT2D eigenvalue weighted by Gasteiger charge is 2.44. The first-order chi connectivity index (χ1) is 6.22. The van der Waals surface area contributed by atoms with Gasteiger partial charge in [0.15, 0.2) is 0 Å². The molecule has 0 spiro atoms. The summed E-state index contributed by atoms with van der Waals surface area (Å²) in [5, 5.41) is 0. The molecule has 1 rings (SSSR count). The Bertz CT molecular complexity index is 134. The van der Waals surface area contributed by atoms with E-state index in [2.05, 4.69) is 13.8 Å². The van der Waals surface area contributed by atoms with Crippen molar-refractivity contribution in [2.24, 2.45) is 0 Å². The van der Waals surface area contributed by atoms with Crippen molar-refractivity contribution in [1.29, 1.82) is 0 Å². The Balaban J connectivity index is 2.27. The van der Waals surface area contributed by atoms with Gasteiger partial charge in [0, 0.05) is 0 Å². The molecule has 0 N–H and O–H groups in total. The normalized spacial score (nSPS) is 21.5. The predicted octanol–water partition coefficient (Wildman–Crippen LogP) is 4.09. The molecule has 1 saturated heterocycles. The zero-order chi connectivity index (χ0) is 9.73. The van der Waals surface area contributed by atoms with Gasteiger partial charge in [-0.05, 0) is 0 Å². The molecule has 1 aliphatic rings. The summed E-state index contributed by atoms with van der Waals surface area (Å²) in [6, 6.07) is 3.19. The van der Waals surface area contributed by atoms with Gasteiger partial charge < -0.3 is 0 Å². The number of hydrogen-bond acceptors (Lipinski definition) is 0. The summed E-state index contributed by atoms with van der Waals surface area (Å²) >= 11 is 6.26. The molecular weight excluding hydrogens is 212 g/mol. The number of rotatable bonds is 6. The van der Waals surface area contributed by atoms with Crippen LogP contribution in [0.3, 0.4) is 0 Å². The highest BCUT2D eigenvalue weighted by Crippen LogP contribution is 2.42. The Morgan fingerprint density at radius 2 is 1.54 bits per heavy atom. The zero-order valence-corrected chi connectivity index (χ0v) is 12.0. The molecule has 0 atom stereocenters. The maximum atomic E-state index is 6.26. The lowest BCUT2D eigenvalue weighted by molar-refractivity contribution is 0.821. The summed E-state index contributed by atoms with van der Waals surface area (Å²) in [4.78, 5) is 0. The van der Waals surface area contributed by atoms with Gasteiger partial charge in [0.05, 0.1) is 8.07 Å². The van der Waals surface area contributed by atoms with E-state index in [1.807, 2.05) is 0 Å². The van der Waals surface area contributed by atoms with Crippen LogP contribution in [-0.4, -0.2) is 16.2 Å². The van der Waals surface area contributed by atoms with Gasteiger partial charge in [0.25, 0.3) is 0 Å². The van der Waals surface area contributed by atoms with Crippen LogP contribution >= 0.6 is 11.1 Å². The predicted molar refractivity (Wildman–Crippen MR) is 67.8 cm³/mol. The van der Waals surface area contributed by atoms with Crippen molar-refractivity contribution in [1.82, 2.24) is 0 Å². The largest absolute Gasteiger partial charge is 0.172 e. The summed E-state index contributed by atoms with van der Waals surface area (Å²) in [7, 11) is -1.36. The lowest BCUT2D eigenvalue weighted by Gasteiger charge is -2.43. The lowest BCUT2D eigenvalue weighted by Crippen LogP contribution is -2.50. The fraction of sp³-hybridized carbons (Fsp3) is 1.00. The minimum atomic E-state index is -0.718. The van der Waals surface area contributed by atoms with Crippen LogP contribution < -0.4 is 0 Å². The molecule has 78 valence electrons. The number of unbranched alkanes of at least 4 members (excludes halogenated alkanes) is 2. The zero-order valence-electron chi connectivity index (χ0n) is 9.11. The van der Waals surface area contributed by atoms with E-state index in [4.69, 9.17) is 11.1 Å². The molecule has 0 unspecified atom stereocenters. The third kappa shape index (κ3) is 3.41. The molecule has 3 heteroatoms. The highest BCUT2D eigenvalue weighted by molar-refractivity contribution is 7.25. The molecule has 0 aromatic carbocycles. The fourth-order valence-electron chi connectivity index (χ4n) is 2.52. The Hall–Kier alpha value is 0.724. The monoisotopic (exact) mass is 234 g/mol. The minimum absolute atomic E-state index is 0.645. The summed E-state index contributed by atoms with van der Waals surface area (Å²) < 4.78 is 0. The maximum Gasteiger partial charge on any atom is 0.135 e. The van der Waals surface area contributed by atoms with Gasteiger partial charge in [-0.15, -0.1) is 0 Å². The van der Waals surface area contributed by atoms with E-state index in [0.717, 1.165) is 0 Å². The molecule has 0 aromatic rings. The highest BCUT2D eigenvalue weighted by atomic mass is 35.6. The molecule has 13 heavy (non-hydrogen) atoms. The fourth-order valence-corrected chi connectivity index (χ4v) is 21.2. The van der Waals surface area contributed by atoms with Crippen molar-refractivity contribution >= 4 is 27.3 Å². The Morgan fingerprint density at radius 3 is 1.85 bits per heavy atom. The molecule has 1 aliphatic heterocycles. The summed E-state index contributed by atoms with van der Waals surface area (Å²) in [6.07, 6.45) is 5.73. The smallest absolute Gasteiger partial charge is 0.135 e. The van der Waals surface area contributed by atoms with Crippen LogP contribution in [0.15, 0.2) is 0 Å².